The van der Waals surface area contributed by atoms with E-state index in [1.807, 2.05) is 41.8 Å². The first-order chi connectivity index (χ1) is 9.75. The predicted octanol–water partition coefficient (Wildman–Crippen LogP) is 2.92. The molecule has 2 rings (SSSR count). The summed E-state index contributed by atoms with van der Waals surface area (Å²) in [5.74, 6) is -0.00321. The van der Waals surface area contributed by atoms with Crippen LogP contribution >= 0.6 is 11.3 Å². The largest absolute Gasteiger partial charge is 0.387 e. The van der Waals surface area contributed by atoms with Crippen molar-refractivity contribution in [3.63, 3.8) is 0 Å². The first-order valence-corrected chi connectivity index (χ1v) is 7.66. The molecule has 0 fully saturated rings. The van der Waals surface area contributed by atoms with Gasteiger partial charge in [0.15, 0.2) is 0 Å². The van der Waals surface area contributed by atoms with E-state index in [0.717, 1.165) is 18.4 Å². The van der Waals surface area contributed by atoms with Gasteiger partial charge in [-0.25, -0.2) is 0 Å². The summed E-state index contributed by atoms with van der Waals surface area (Å²) in [5.41, 5.74) is 0.825. The van der Waals surface area contributed by atoms with Crippen molar-refractivity contribution in [2.45, 2.75) is 25.4 Å². The van der Waals surface area contributed by atoms with Crippen LogP contribution in [0.1, 0.15) is 29.4 Å². The van der Waals surface area contributed by atoms with Crippen molar-refractivity contribution in [1.82, 2.24) is 5.32 Å². The smallest absolute Gasteiger partial charge is 0.220 e. The number of aliphatic hydroxyl groups excluding tert-OH is 1. The minimum Gasteiger partial charge on any atom is -0.387 e. The average molecular weight is 289 g/mol. The van der Waals surface area contributed by atoms with Crippen molar-refractivity contribution >= 4 is 17.2 Å². The van der Waals surface area contributed by atoms with Gasteiger partial charge in [0.05, 0.1) is 6.10 Å². The molecular formula is C16H19NO2S. The Morgan fingerprint density at radius 1 is 1.20 bits per heavy atom. The van der Waals surface area contributed by atoms with Gasteiger partial charge in [0.1, 0.15) is 0 Å². The monoisotopic (exact) mass is 289 g/mol. The number of carbonyl (C=O) groups is 1. The molecule has 20 heavy (non-hydrogen) atoms. The van der Waals surface area contributed by atoms with E-state index in [0.29, 0.717) is 6.42 Å². The van der Waals surface area contributed by atoms with Crippen LogP contribution in [0.15, 0.2) is 47.8 Å². The number of benzene rings is 1. The Hall–Kier alpha value is -1.65. The first-order valence-electron chi connectivity index (χ1n) is 6.78. The number of carbonyl (C=O) groups excluding carboxylic acids is 1. The fraction of sp³-hybridized carbons (Fsp3) is 0.312. The molecule has 2 aromatic rings. The van der Waals surface area contributed by atoms with Crippen molar-refractivity contribution < 1.29 is 9.90 Å². The zero-order valence-corrected chi connectivity index (χ0v) is 12.1. The molecule has 0 aliphatic rings. The molecule has 1 aromatic carbocycles. The second kappa shape index (κ2) is 7.82. The van der Waals surface area contributed by atoms with E-state index in [-0.39, 0.29) is 12.5 Å². The van der Waals surface area contributed by atoms with Gasteiger partial charge in [-0.05, 0) is 29.9 Å². The Morgan fingerprint density at radius 2 is 2.00 bits per heavy atom. The van der Waals surface area contributed by atoms with Crippen LogP contribution in [0.2, 0.25) is 0 Å². The Bertz CT molecular complexity index is 511. The lowest BCUT2D eigenvalue weighted by atomic mass is 10.1. The van der Waals surface area contributed by atoms with Crippen LogP contribution in [0.5, 0.6) is 0 Å². The number of rotatable bonds is 7. The third-order valence-corrected chi connectivity index (χ3v) is 4.02. The molecule has 0 aliphatic carbocycles. The van der Waals surface area contributed by atoms with Crippen LogP contribution in [0.25, 0.3) is 0 Å². The van der Waals surface area contributed by atoms with Gasteiger partial charge in [-0.3, -0.25) is 4.79 Å². The zero-order valence-electron chi connectivity index (χ0n) is 11.3. The molecular weight excluding hydrogens is 270 g/mol. The van der Waals surface area contributed by atoms with Crippen molar-refractivity contribution in [2.24, 2.45) is 0 Å². The molecule has 1 unspecified atom stereocenters. The quantitative estimate of drug-likeness (QED) is 0.823. The van der Waals surface area contributed by atoms with Crippen LogP contribution in [0.3, 0.4) is 0 Å². The van der Waals surface area contributed by atoms with E-state index in [1.54, 1.807) is 11.3 Å². The summed E-state index contributed by atoms with van der Waals surface area (Å²) in [6.07, 6.45) is 1.64. The number of aryl methyl sites for hydroxylation is 1. The molecule has 0 aliphatic heterocycles. The number of thiophene rings is 1. The van der Waals surface area contributed by atoms with Gasteiger partial charge in [-0.2, -0.15) is 0 Å². The minimum absolute atomic E-state index is 0.00321. The van der Waals surface area contributed by atoms with Crippen LogP contribution in [-0.4, -0.2) is 17.6 Å². The van der Waals surface area contributed by atoms with Gasteiger partial charge in [0.25, 0.3) is 0 Å². The third kappa shape index (κ3) is 4.79. The molecule has 0 saturated carbocycles. The summed E-state index contributed by atoms with van der Waals surface area (Å²) in [5, 5.41) is 14.8. The number of hydrogen-bond donors (Lipinski definition) is 2. The maximum absolute atomic E-state index is 11.7. The van der Waals surface area contributed by atoms with E-state index in [4.69, 9.17) is 0 Å². The van der Waals surface area contributed by atoms with Crippen molar-refractivity contribution in [2.75, 3.05) is 6.54 Å². The van der Waals surface area contributed by atoms with Crippen LogP contribution < -0.4 is 5.32 Å². The van der Waals surface area contributed by atoms with E-state index in [9.17, 15) is 9.90 Å². The van der Waals surface area contributed by atoms with Gasteiger partial charge in [0, 0.05) is 17.8 Å². The number of amides is 1. The molecule has 1 atom stereocenters. The molecule has 1 amide bonds. The van der Waals surface area contributed by atoms with Gasteiger partial charge < -0.3 is 10.4 Å². The summed E-state index contributed by atoms with van der Waals surface area (Å²) in [4.78, 5) is 13.0. The molecule has 106 valence electrons. The summed E-state index contributed by atoms with van der Waals surface area (Å²) < 4.78 is 0. The Balaban J connectivity index is 1.65. The highest BCUT2D eigenvalue weighted by atomic mass is 32.1. The van der Waals surface area contributed by atoms with E-state index in [1.165, 1.54) is 4.88 Å². The molecule has 1 heterocycles. The van der Waals surface area contributed by atoms with E-state index >= 15 is 0 Å². The highest BCUT2D eigenvalue weighted by Gasteiger charge is 2.08. The Kier molecular flexibility index (Phi) is 5.77. The van der Waals surface area contributed by atoms with Gasteiger partial charge in [-0.15, -0.1) is 11.3 Å². The lowest BCUT2D eigenvalue weighted by Gasteiger charge is -2.12. The lowest BCUT2D eigenvalue weighted by molar-refractivity contribution is -0.121. The minimum atomic E-state index is -0.641. The van der Waals surface area contributed by atoms with Crippen molar-refractivity contribution in [1.29, 1.82) is 0 Å². The molecule has 0 saturated heterocycles. The molecule has 2 N–H and O–H groups in total. The van der Waals surface area contributed by atoms with Gasteiger partial charge in [0.2, 0.25) is 5.91 Å². The Labute approximate surface area is 123 Å². The molecule has 0 radical (unpaired) electrons. The van der Waals surface area contributed by atoms with E-state index < -0.39 is 6.10 Å². The summed E-state index contributed by atoms with van der Waals surface area (Å²) in [6, 6.07) is 13.5. The SMILES string of the molecule is O=C(CCCc1cccs1)NCC(O)c1ccccc1. The Morgan fingerprint density at radius 3 is 2.70 bits per heavy atom. The average Bonchev–Trinajstić information content (AvgIpc) is 2.99. The number of nitrogens with one attached hydrogen (secondary N) is 1. The van der Waals surface area contributed by atoms with Crippen LogP contribution in [0.4, 0.5) is 0 Å². The predicted molar refractivity (Wildman–Crippen MR) is 81.7 cm³/mol. The van der Waals surface area contributed by atoms with Gasteiger partial charge in [-0.1, -0.05) is 36.4 Å². The summed E-state index contributed by atoms with van der Waals surface area (Å²) in [7, 11) is 0. The van der Waals surface area contributed by atoms with E-state index in [2.05, 4.69) is 11.4 Å². The fourth-order valence-electron chi connectivity index (χ4n) is 1.97. The fourth-order valence-corrected chi connectivity index (χ4v) is 2.72. The molecule has 0 bridgehead atoms. The van der Waals surface area contributed by atoms with Crippen molar-refractivity contribution in [3.8, 4) is 0 Å². The maximum Gasteiger partial charge on any atom is 0.220 e. The third-order valence-electron chi connectivity index (χ3n) is 3.08. The standard InChI is InChI=1S/C16H19NO2S/c18-15(13-6-2-1-3-7-13)12-17-16(19)10-4-8-14-9-5-11-20-14/h1-3,5-7,9,11,15,18H,4,8,10,12H2,(H,17,19). The summed E-state index contributed by atoms with van der Waals surface area (Å²) >= 11 is 1.72. The second-order valence-electron chi connectivity index (χ2n) is 4.66. The maximum atomic E-state index is 11.7. The molecule has 1 aromatic heterocycles. The first kappa shape index (κ1) is 14.8. The highest BCUT2D eigenvalue weighted by Crippen LogP contribution is 2.12. The zero-order chi connectivity index (χ0) is 14.2. The summed E-state index contributed by atoms with van der Waals surface area (Å²) in [6.45, 7) is 0.266. The number of hydrogen-bond acceptors (Lipinski definition) is 3. The number of aliphatic hydroxyl groups is 1. The van der Waals surface area contributed by atoms with Crippen molar-refractivity contribution in [3.05, 3.63) is 58.3 Å². The van der Waals surface area contributed by atoms with Crippen LogP contribution in [-0.2, 0) is 11.2 Å². The lowest BCUT2D eigenvalue weighted by Crippen LogP contribution is -2.28. The van der Waals surface area contributed by atoms with Gasteiger partial charge >= 0.3 is 0 Å². The normalized spacial score (nSPS) is 12.1. The topological polar surface area (TPSA) is 49.3 Å². The molecule has 3 nitrogen and oxygen atoms in total. The van der Waals surface area contributed by atoms with Crippen LogP contribution in [0, 0.1) is 0 Å². The molecule has 0 spiro atoms. The highest BCUT2D eigenvalue weighted by molar-refractivity contribution is 7.09. The molecule has 4 heteroatoms. The second-order valence-corrected chi connectivity index (χ2v) is 5.70.